The van der Waals surface area contributed by atoms with Gasteiger partial charge >= 0.3 is 0 Å². The quantitative estimate of drug-likeness (QED) is 0.791. The van der Waals surface area contributed by atoms with Gasteiger partial charge in [-0.1, -0.05) is 25.7 Å². The molecule has 2 rings (SSSR count). The minimum Gasteiger partial charge on any atom is -0.352 e. The smallest absolute Gasteiger partial charge is 0.240 e. The Kier molecular flexibility index (Phi) is 5.39. The second kappa shape index (κ2) is 7.28. The highest BCUT2D eigenvalue weighted by Crippen LogP contribution is 2.17. The third kappa shape index (κ3) is 4.35. The van der Waals surface area contributed by atoms with Crippen LogP contribution in [0.1, 0.15) is 44.3 Å². The van der Waals surface area contributed by atoms with Crippen molar-refractivity contribution in [2.75, 3.05) is 7.05 Å². The molecule has 1 aromatic heterocycles. The van der Waals surface area contributed by atoms with Gasteiger partial charge in [-0.3, -0.25) is 4.79 Å². The van der Waals surface area contributed by atoms with Gasteiger partial charge in [0, 0.05) is 18.4 Å². The summed E-state index contributed by atoms with van der Waals surface area (Å²) in [6.07, 6.45) is 10.9. The Hall–Kier alpha value is -1.36. The molecular formula is C14H24N4O. The maximum atomic E-state index is 12.1. The van der Waals surface area contributed by atoms with Crippen molar-refractivity contribution in [3.63, 3.8) is 0 Å². The number of carbonyl (C=O) groups is 1. The van der Waals surface area contributed by atoms with E-state index in [1.165, 1.54) is 25.7 Å². The van der Waals surface area contributed by atoms with E-state index in [2.05, 4.69) is 15.6 Å². The molecule has 5 nitrogen and oxygen atoms in total. The molecule has 1 aliphatic carbocycles. The van der Waals surface area contributed by atoms with Crippen molar-refractivity contribution in [3.8, 4) is 0 Å². The lowest BCUT2D eigenvalue weighted by molar-refractivity contribution is -0.122. The molecule has 5 heteroatoms. The minimum absolute atomic E-state index is 0.0993. The zero-order valence-electron chi connectivity index (χ0n) is 11.7. The van der Waals surface area contributed by atoms with Gasteiger partial charge in [-0.05, 0) is 19.9 Å². The fourth-order valence-electron chi connectivity index (χ4n) is 2.66. The van der Waals surface area contributed by atoms with Gasteiger partial charge in [0.25, 0.3) is 0 Å². The number of aromatic nitrogens is 2. The van der Waals surface area contributed by atoms with Crippen LogP contribution in [0.15, 0.2) is 12.4 Å². The predicted molar refractivity (Wildman–Crippen MR) is 74.6 cm³/mol. The van der Waals surface area contributed by atoms with Gasteiger partial charge in [-0.15, -0.1) is 0 Å². The number of imidazole rings is 1. The topological polar surface area (TPSA) is 59.0 Å². The molecule has 0 aromatic carbocycles. The van der Waals surface area contributed by atoms with E-state index in [0.717, 1.165) is 18.7 Å². The van der Waals surface area contributed by atoms with Crippen molar-refractivity contribution in [1.29, 1.82) is 0 Å². The first-order valence-electron chi connectivity index (χ1n) is 7.23. The van der Waals surface area contributed by atoms with Gasteiger partial charge in [-0.2, -0.15) is 0 Å². The van der Waals surface area contributed by atoms with Crippen molar-refractivity contribution in [2.45, 2.75) is 57.7 Å². The summed E-state index contributed by atoms with van der Waals surface area (Å²) in [4.78, 5) is 16.3. The second-order valence-electron chi connectivity index (χ2n) is 5.26. The van der Waals surface area contributed by atoms with E-state index in [0.29, 0.717) is 19.1 Å². The summed E-state index contributed by atoms with van der Waals surface area (Å²) >= 11 is 0. The number of nitrogens with zero attached hydrogens (tertiary/aromatic N) is 2. The molecule has 0 atom stereocenters. The van der Waals surface area contributed by atoms with Crippen LogP contribution in [0, 0.1) is 0 Å². The Morgan fingerprint density at radius 1 is 1.37 bits per heavy atom. The van der Waals surface area contributed by atoms with Crippen LogP contribution in [0.4, 0.5) is 0 Å². The molecule has 2 N–H and O–H groups in total. The van der Waals surface area contributed by atoms with Gasteiger partial charge in [0.1, 0.15) is 12.4 Å². The van der Waals surface area contributed by atoms with E-state index in [1.54, 1.807) is 6.20 Å². The molecule has 1 amide bonds. The van der Waals surface area contributed by atoms with Gasteiger partial charge in [0.2, 0.25) is 5.91 Å². The highest BCUT2D eigenvalue weighted by molar-refractivity contribution is 5.76. The Bertz CT molecular complexity index is 394. The predicted octanol–water partition coefficient (Wildman–Crippen LogP) is 1.44. The Morgan fingerprint density at radius 3 is 2.79 bits per heavy atom. The van der Waals surface area contributed by atoms with E-state index in [9.17, 15) is 4.79 Å². The number of hydrogen-bond acceptors (Lipinski definition) is 3. The molecule has 1 fully saturated rings. The third-order valence-electron chi connectivity index (χ3n) is 3.67. The monoisotopic (exact) mass is 264 g/mol. The van der Waals surface area contributed by atoms with Crippen LogP contribution >= 0.6 is 0 Å². The molecule has 0 radical (unpaired) electrons. The van der Waals surface area contributed by atoms with E-state index >= 15 is 0 Å². The summed E-state index contributed by atoms with van der Waals surface area (Å²) in [6.45, 7) is 1.05. The van der Waals surface area contributed by atoms with E-state index in [4.69, 9.17) is 0 Å². The first kappa shape index (κ1) is 14.1. The highest BCUT2D eigenvalue weighted by atomic mass is 16.2. The lowest BCUT2D eigenvalue weighted by atomic mass is 10.1. The summed E-state index contributed by atoms with van der Waals surface area (Å²) in [7, 11) is 1.88. The Labute approximate surface area is 114 Å². The zero-order valence-corrected chi connectivity index (χ0v) is 11.7. The number of hydrogen-bond donors (Lipinski definition) is 2. The molecule has 1 aromatic rings. The average Bonchev–Trinajstić information content (AvgIpc) is 2.65. The van der Waals surface area contributed by atoms with Gasteiger partial charge in [0.15, 0.2) is 0 Å². The number of rotatable bonds is 5. The standard InChI is InChI=1S/C14H24N4O/c1-15-10-13-16-8-9-18(13)11-14(19)17-12-6-4-2-3-5-7-12/h8-9,12,15H,2-7,10-11H2,1H3,(H,17,19). The second-order valence-corrected chi connectivity index (χ2v) is 5.26. The molecule has 0 aliphatic heterocycles. The summed E-state index contributed by atoms with van der Waals surface area (Å²) in [5.41, 5.74) is 0. The molecular weight excluding hydrogens is 240 g/mol. The molecule has 19 heavy (non-hydrogen) atoms. The van der Waals surface area contributed by atoms with Gasteiger partial charge < -0.3 is 15.2 Å². The van der Waals surface area contributed by atoms with Crippen LogP contribution in [-0.2, 0) is 17.9 Å². The third-order valence-corrected chi connectivity index (χ3v) is 3.67. The summed E-state index contributed by atoms with van der Waals surface area (Å²) in [5, 5.41) is 6.22. The lowest BCUT2D eigenvalue weighted by Gasteiger charge is -2.17. The minimum atomic E-state index is 0.0993. The summed E-state index contributed by atoms with van der Waals surface area (Å²) < 4.78 is 1.91. The van der Waals surface area contributed by atoms with Crippen LogP contribution < -0.4 is 10.6 Å². The Balaban J connectivity index is 1.84. The SMILES string of the molecule is CNCc1nccn1CC(=O)NC1CCCCCC1. The molecule has 0 spiro atoms. The van der Waals surface area contributed by atoms with Gasteiger partial charge in [-0.25, -0.2) is 4.98 Å². The van der Waals surface area contributed by atoms with Crippen LogP contribution in [-0.4, -0.2) is 28.5 Å². The van der Waals surface area contributed by atoms with Crippen LogP contribution in [0.2, 0.25) is 0 Å². The van der Waals surface area contributed by atoms with Crippen LogP contribution in [0.5, 0.6) is 0 Å². The van der Waals surface area contributed by atoms with E-state index < -0.39 is 0 Å². The lowest BCUT2D eigenvalue weighted by Crippen LogP contribution is -2.37. The van der Waals surface area contributed by atoms with Crippen LogP contribution in [0.3, 0.4) is 0 Å². The summed E-state index contributed by atoms with van der Waals surface area (Å²) in [5.74, 6) is 1.00. The molecule has 1 heterocycles. The molecule has 106 valence electrons. The fraction of sp³-hybridized carbons (Fsp3) is 0.714. The summed E-state index contributed by atoms with van der Waals surface area (Å²) in [6, 6.07) is 0.367. The van der Waals surface area contributed by atoms with Crippen molar-refractivity contribution in [3.05, 3.63) is 18.2 Å². The fourth-order valence-corrected chi connectivity index (χ4v) is 2.66. The molecule has 0 unspecified atom stereocenters. The first-order valence-corrected chi connectivity index (χ1v) is 7.23. The zero-order chi connectivity index (χ0) is 13.5. The van der Waals surface area contributed by atoms with E-state index in [-0.39, 0.29) is 5.91 Å². The number of carbonyl (C=O) groups excluding carboxylic acids is 1. The van der Waals surface area contributed by atoms with Crippen LogP contribution in [0.25, 0.3) is 0 Å². The molecule has 0 saturated heterocycles. The highest BCUT2D eigenvalue weighted by Gasteiger charge is 2.15. The van der Waals surface area contributed by atoms with Crippen molar-refractivity contribution in [1.82, 2.24) is 20.2 Å². The normalized spacial score (nSPS) is 17.1. The van der Waals surface area contributed by atoms with Gasteiger partial charge in [0.05, 0.1) is 6.54 Å². The molecule has 1 aliphatic rings. The molecule has 0 bridgehead atoms. The van der Waals surface area contributed by atoms with Crippen molar-refractivity contribution < 1.29 is 4.79 Å². The largest absolute Gasteiger partial charge is 0.352 e. The van der Waals surface area contributed by atoms with E-state index in [1.807, 2.05) is 17.8 Å². The number of amides is 1. The molecule has 1 saturated carbocycles. The average molecular weight is 264 g/mol. The first-order chi connectivity index (χ1) is 9.29. The van der Waals surface area contributed by atoms with Crippen molar-refractivity contribution in [2.24, 2.45) is 0 Å². The maximum absolute atomic E-state index is 12.1. The van der Waals surface area contributed by atoms with Crippen molar-refractivity contribution >= 4 is 5.91 Å². The Morgan fingerprint density at radius 2 is 2.11 bits per heavy atom. The maximum Gasteiger partial charge on any atom is 0.240 e. The number of nitrogens with one attached hydrogen (secondary N) is 2.